The molecule has 0 aliphatic carbocycles. The fraction of sp³-hybridized carbons (Fsp3) is 0.273. The third kappa shape index (κ3) is 3.29. The summed E-state index contributed by atoms with van der Waals surface area (Å²) in [5.74, 6) is -1.32. The first-order valence-electron chi connectivity index (χ1n) is 5.07. The standard InChI is InChI=1S/C11H12N2O4S/c1-8(7-12)18(16,17)13-10(11(14)15)9-5-3-2-4-6-9/h2-6,8,10,13H,1H3,(H,14,15)/t8?,10-/m0/s1. The Morgan fingerprint density at radius 3 is 2.39 bits per heavy atom. The number of aliphatic carboxylic acids is 1. The van der Waals surface area contributed by atoms with Gasteiger partial charge in [0.05, 0.1) is 6.07 Å². The van der Waals surface area contributed by atoms with Crippen LogP contribution in [0.5, 0.6) is 0 Å². The molecule has 1 unspecified atom stereocenters. The minimum Gasteiger partial charge on any atom is -0.480 e. The number of sulfonamides is 1. The summed E-state index contributed by atoms with van der Waals surface area (Å²) in [6, 6.07) is 8.06. The molecule has 0 spiro atoms. The topological polar surface area (TPSA) is 107 Å². The van der Waals surface area contributed by atoms with Crippen molar-refractivity contribution >= 4 is 16.0 Å². The SMILES string of the molecule is CC(C#N)S(=O)(=O)N[C@H](C(=O)O)c1ccccc1. The molecule has 2 atom stereocenters. The van der Waals surface area contributed by atoms with E-state index in [9.17, 15) is 13.2 Å². The number of hydrogen-bond donors (Lipinski definition) is 2. The lowest BCUT2D eigenvalue weighted by molar-refractivity contribution is -0.139. The van der Waals surface area contributed by atoms with Gasteiger partial charge in [-0.1, -0.05) is 30.3 Å². The highest BCUT2D eigenvalue weighted by atomic mass is 32.2. The quantitative estimate of drug-likeness (QED) is 0.815. The van der Waals surface area contributed by atoms with E-state index in [1.807, 2.05) is 4.72 Å². The van der Waals surface area contributed by atoms with Crippen LogP contribution in [0.15, 0.2) is 30.3 Å². The number of carboxylic acids is 1. The third-order valence-electron chi connectivity index (χ3n) is 2.31. The van der Waals surface area contributed by atoms with Crippen LogP contribution in [0, 0.1) is 11.3 Å². The summed E-state index contributed by atoms with van der Waals surface area (Å²) in [7, 11) is -3.99. The minimum absolute atomic E-state index is 0.304. The summed E-state index contributed by atoms with van der Waals surface area (Å²) in [5, 5.41) is 16.3. The summed E-state index contributed by atoms with van der Waals surface area (Å²) < 4.78 is 25.3. The van der Waals surface area contributed by atoms with E-state index < -0.39 is 27.3 Å². The number of nitrogens with one attached hydrogen (secondary N) is 1. The Hall–Kier alpha value is -1.91. The van der Waals surface area contributed by atoms with Crippen molar-refractivity contribution in [1.82, 2.24) is 4.72 Å². The molecule has 1 aromatic rings. The van der Waals surface area contributed by atoms with E-state index in [0.717, 1.165) is 0 Å². The normalized spacial score (nSPS) is 14.4. The van der Waals surface area contributed by atoms with E-state index in [-0.39, 0.29) is 0 Å². The van der Waals surface area contributed by atoms with Gasteiger partial charge >= 0.3 is 5.97 Å². The zero-order chi connectivity index (χ0) is 13.8. The van der Waals surface area contributed by atoms with Crippen LogP contribution in [0.25, 0.3) is 0 Å². The number of nitrogens with zero attached hydrogens (tertiary/aromatic N) is 1. The maximum Gasteiger partial charge on any atom is 0.326 e. The minimum atomic E-state index is -3.99. The third-order valence-corrected chi connectivity index (χ3v) is 3.91. The van der Waals surface area contributed by atoms with Crippen LogP contribution < -0.4 is 4.72 Å². The van der Waals surface area contributed by atoms with Gasteiger partial charge in [0.2, 0.25) is 10.0 Å². The number of rotatable bonds is 5. The molecule has 0 heterocycles. The first kappa shape index (κ1) is 14.2. The first-order valence-corrected chi connectivity index (χ1v) is 6.61. The summed E-state index contributed by atoms with van der Waals surface area (Å²) >= 11 is 0. The van der Waals surface area contributed by atoms with Crippen LogP contribution in [-0.2, 0) is 14.8 Å². The molecule has 18 heavy (non-hydrogen) atoms. The van der Waals surface area contributed by atoms with Gasteiger partial charge in [-0.3, -0.25) is 4.79 Å². The van der Waals surface area contributed by atoms with E-state index >= 15 is 0 Å². The van der Waals surface area contributed by atoms with Gasteiger partial charge in [0.1, 0.15) is 6.04 Å². The predicted molar refractivity (Wildman–Crippen MR) is 63.9 cm³/mol. The second kappa shape index (κ2) is 5.62. The zero-order valence-corrected chi connectivity index (χ0v) is 10.4. The van der Waals surface area contributed by atoms with Crippen LogP contribution in [0.2, 0.25) is 0 Å². The van der Waals surface area contributed by atoms with E-state index in [1.54, 1.807) is 24.3 Å². The summed E-state index contributed by atoms with van der Waals surface area (Å²) in [6.07, 6.45) is 0. The highest BCUT2D eigenvalue weighted by Gasteiger charge is 2.29. The van der Waals surface area contributed by atoms with Crippen LogP contribution in [-0.4, -0.2) is 24.7 Å². The summed E-state index contributed by atoms with van der Waals surface area (Å²) in [6.45, 7) is 1.19. The Balaban J connectivity index is 3.05. The van der Waals surface area contributed by atoms with Gasteiger partial charge in [-0.05, 0) is 12.5 Å². The molecular weight excluding hydrogens is 256 g/mol. The average Bonchev–Trinajstić information content (AvgIpc) is 2.35. The van der Waals surface area contributed by atoms with Gasteiger partial charge in [-0.25, -0.2) is 8.42 Å². The monoisotopic (exact) mass is 268 g/mol. The van der Waals surface area contributed by atoms with Crippen LogP contribution in [0.3, 0.4) is 0 Å². The summed E-state index contributed by atoms with van der Waals surface area (Å²) in [5.41, 5.74) is 0.304. The van der Waals surface area contributed by atoms with Crippen molar-refractivity contribution in [3.05, 3.63) is 35.9 Å². The molecule has 0 fully saturated rings. The Morgan fingerprint density at radius 1 is 1.39 bits per heavy atom. The van der Waals surface area contributed by atoms with Gasteiger partial charge < -0.3 is 5.11 Å². The zero-order valence-electron chi connectivity index (χ0n) is 9.57. The van der Waals surface area contributed by atoms with Crippen LogP contribution >= 0.6 is 0 Å². The van der Waals surface area contributed by atoms with Gasteiger partial charge in [0.15, 0.2) is 5.25 Å². The average molecular weight is 268 g/mol. The molecule has 0 saturated heterocycles. The van der Waals surface area contributed by atoms with Crippen molar-refractivity contribution in [3.8, 4) is 6.07 Å². The Morgan fingerprint density at radius 2 is 1.94 bits per heavy atom. The highest BCUT2D eigenvalue weighted by Crippen LogP contribution is 2.15. The van der Waals surface area contributed by atoms with Crippen LogP contribution in [0.1, 0.15) is 18.5 Å². The van der Waals surface area contributed by atoms with E-state index in [0.29, 0.717) is 5.56 Å². The highest BCUT2D eigenvalue weighted by molar-refractivity contribution is 7.90. The van der Waals surface area contributed by atoms with Gasteiger partial charge in [-0.15, -0.1) is 0 Å². The second-order valence-corrected chi connectivity index (χ2v) is 5.65. The fourth-order valence-corrected chi connectivity index (χ4v) is 2.15. The Bertz CT molecular complexity index is 562. The van der Waals surface area contributed by atoms with E-state index in [4.69, 9.17) is 10.4 Å². The van der Waals surface area contributed by atoms with Gasteiger partial charge in [0, 0.05) is 0 Å². The molecule has 6 nitrogen and oxygen atoms in total. The van der Waals surface area contributed by atoms with Crippen molar-refractivity contribution in [2.75, 3.05) is 0 Å². The van der Waals surface area contributed by atoms with Crippen molar-refractivity contribution in [1.29, 1.82) is 5.26 Å². The first-order chi connectivity index (χ1) is 8.38. The fourth-order valence-electron chi connectivity index (χ4n) is 1.24. The van der Waals surface area contributed by atoms with E-state index in [2.05, 4.69) is 0 Å². The Kier molecular flexibility index (Phi) is 4.42. The smallest absolute Gasteiger partial charge is 0.326 e. The molecular formula is C11H12N2O4S. The Labute approximate surface area is 105 Å². The molecule has 7 heteroatoms. The second-order valence-electron chi connectivity index (χ2n) is 3.62. The van der Waals surface area contributed by atoms with E-state index in [1.165, 1.54) is 19.1 Å². The molecule has 1 rings (SSSR count). The number of nitriles is 1. The molecule has 2 N–H and O–H groups in total. The molecule has 96 valence electrons. The molecule has 0 aromatic heterocycles. The number of hydrogen-bond acceptors (Lipinski definition) is 4. The van der Waals surface area contributed by atoms with Crippen molar-refractivity contribution < 1.29 is 18.3 Å². The molecule has 0 radical (unpaired) electrons. The molecule has 0 amide bonds. The van der Waals surface area contributed by atoms with Gasteiger partial charge in [0.25, 0.3) is 0 Å². The lowest BCUT2D eigenvalue weighted by Gasteiger charge is -2.15. The lowest BCUT2D eigenvalue weighted by Crippen LogP contribution is -2.38. The van der Waals surface area contributed by atoms with Crippen molar-refractivity contribution in [3.63, 3.8) is 0 Å². The maximum absolute atomic E-state index is 11.7. The number of carbonyl (C=O) groups is 1. The van der Waals surface area contributed by atoms with Gasteiger partial charge in [-0.2, -0.15) is 9.98 Å². The predicted octanol–water partition coefficient (Wildman–Crippen LogP) is 0.644. The largest absolute Gasteiger partial charge is 0.480 e. The molecule has 0 aliphatic heterocycles. The van der Waals surface area contributed by atoms with Crippen molar-refractivity contribution in [2.24, 2.45) is 0 Å². The van der Waals surface area contributed by atoms with Crippen LogP contribution in [0.4, 0.5) is 0 Å². The van der Waals surface area contributed by atoms with Crippen molar-refractivity contribution in [2.45, 2.75) is 18.2 Å². The molecule has 0 aliphatic rings. The molecule has 1 aromatic carbocycles. The molecule has 0 bridgehead atoms. The number of benzene rings is 1. The summed E-state index contributed by atoms with van der Waals surface area (Å²) in [4.78, 5) is 11.1. The molecule has 0 saturated carbocycles. The number of carboxylic acid groups (broad SMARTS) is 1. The maximum atomic E-state index is 11.7. The lowest BCUT2D eigenvalue weighted by atomic mass is 10.1.